The van der Waals surface area contributed by atoms with E-state index >= 15 is 0 Å². The zero-order valence-electron chi connectivity index (χ0n) is 12.6. The number of carbonyl (C=O) groups excluding carboxylic acids is 3. The Kier molecular flexibility index (Phi) is 3.94. The van der Waals surface area contributed by atoms with E-state index in [0.29, 0.717) is 19.5 Å². The molecule has 0 saturated carbocycles. The lowest BCUT2D eigenvalue weighted by molar-refractivity contribution is -0.144. The maximum absolute atomic E-state index is 12.2. The fraction of sp³-hybridized carbons (Fsp3) is 0.438. The van der Waals surface area contributed by atoms with Crippen LogP contribution in [0.3, 0.4) is 0 Å². The average molecular weight is 301 g/mol. The standard InChI is InChI=1S/C16H19N3O3/c1-2-8-18-14(20)15(21)19(16(18)22)11-17-9-7-12-5-3-4-6-13(12)10-17/h3-6H,2,7-11H2,1H3. The second-order valence-electron chi connectivity index (χ2n) is 5.69. The Morgan fingerprint density at radius 2 is 1.68 bits per heavy atom. The van der Waals surface area contributed by atoms with Gasteiger partial charge in [0.1, 0.15) is 0 Å². The number of hydrogen-bond acceptors (Lipinski definition) is 4. The third kappa shape index (κ3) is 2.50. The Hall–Kier alpha value is -2.21. The van der Waals surface area contributed by atoms with Gasteiger partial charge in [0.15, 0.2) is 0 Å². The largest absolute Gasteiger partial charge is 0.335 e. The lowest BCUT2D eigenvalue weighted by atomic mass is 10.0. The molecule has 2 aliphatic heterocycles. The maximum atomic E-state index is 12.2. The molecule has 0 unspecified atom stereocenters. The van der Waals surface area contributed by atoms with Gasteiger partial charge in [0.25, 0.3) is 0 Å². The summed E-state index contributed by atoms with van der Waals surface area (Å²) < 4.78 is 0. The molecule has 0 atom stereocenters. The molecule has 2 aliphatic rings. The number of nitrogens with zero attached hydrogens (tertiary/aromatic N) is 3. The van der Waals surface area contributed by atoms with Crippen molar-refractivity contribution < 1.29 is 14.4 Å². The lowest BCUT2D eigenvalue weighted by Crippen LogP contribution is -2.44. The highest BCUT2D eigenvalue weighted by atomic mass is 16.2. The number of imide groups is 2. The summed E-state index contributed by atoms with van der Waals surface area (Å²) in [7, 11) is 0. The van der Waals surface area contributed by atoms with Crippen molar-refractivity contribution >= 4 is 17.8 Å². The summed E-state index contributed by atoms with van der Waals surface area (Å²) in [6.45, 7) is 3.81. The summed E-state index contributed by atoms with van der Waals surface area (Å²) >= 11 is 0. The van der Waals surface area contributed by atoms with Gasteiger partial charge in [0.2, 0.25) is 0 Å². The van der Waals surface area contributed by atoms with Gasteiger partial charge in [-0.25, -0.2) is 9.69 Å². The van der Waals surface area contributed by atoms with Gasteiger partial charge in [0.05, 0.1) is 6.67 Å². The second-order valence-corrected chi connectivity index (χ2v) is 5.69. The van der Waals surface area contributed by atoms with Crippen molar-refractivity contribution in [1.82, 2.24) is 14.7 Å². The first-order valence-electron chi connectivity index (χ1n) is 7.58. The van der Waals surface area contributed by atoms with E-state index in [9.17, 15) is 14.4 Å². The highest BCUT2D eigenvalue weighted by molar-refractivity contribution is 6.44. The quantitative estimate of drug-likeness (QED) is 0.619. The van der Waals surface area contributed by atoms with Crippen LogP contribution in [-0.4, -0.2) is 52.3 Å². The Morgan fingerprint density at radius 1 is 1.00 bits per heavy atom. The van der Waals surface area contributed by atoms with Gasteiger partial charge in [-0.3, -0.25) is 19.4 Å². The van der Waals surface area contributed by atoms with Gasteiger partial charge in [-0.15, -0.1) is 0 Å². The molecule has 1 saturated heterocycles. The van der Waals surface area contributed by atoms with Crippen LogP contribution in [0, 0.1) is 0 Å². The summed E-state index contributed by atoms with van der Waals surface area (Å²) in [6, 6.07) is 7.68. The van der Waals surface area contributed by atoms with E-state index in [-0.39, 0.29) is 6.67 Å². The highest BCUT2D eigenvalue weighted by Gasteiger charge is 2.44. The van der Waals surface area contributed by atoms with Crippen LogP contribution in [0.2, 0.25) is 0 Å². The molecule has 0 spiro atoms. The van der Waals surface area contributed by atoms with E-state index in [2.05, 4.69) is 12.1 Å². The van der Waals surface area contributed by atoms with Crippen LogP contribution in [0.5, 0.6) is 0 Å². The Labute approximate surface area is 129 Å². The number of rotatable bonds is 4. The zero-order valence-corrected chi connectivity index (χ0v) is 12.6. The SMILES string of the molecule is CCCN1C(=O)C(=O)N(CN2CCc3ccccc3C2)C1=O. The number of urea groups is 1. The molecule has 1 aromatic rings. The van der Waals surface area contributed by atoms with Crippen LogP contribution in [0.4, 0.5) is 4.79 Å². The minimum Gasteiger partial charge on any atom is -0.281 e. The second kappa shape index (κ2) is 5.88. The molecular weight excluding hydrogens is 282 g/mol. The van der Waals surface area contributed by atoms with Crippen LogP contribution in [0.1, 0.15) is 24.5 Å². The van der Waals surface area contributed by atoms with E-state index < -0.39 is 17.8 Å². The summed E-state index contributed by atoms with van der Waals surface area (Å²) in [4.78, 5) is 40.2. The molecule has 0 N–H and O–H groups in total. The summed E-state index contributed by atoms with van der Waals surface area (Å²) in [5.74, 6) is -1.42. The van der Waals surface area contributed by atoms with Gasteiger partial charge in [-0.05, 0) is 24.0 Å². The van der Waals surface area contributed by atoms with Crippen LogP contribution in [0.15, 0.2) is 24.3 Å². The van der Waals surface area contributed by atoms with E-state index in [1.54, 1.807) is 0 Å². The first-order chi connectivity index (χ1) is 10.6. The number of carbonyl (C=O) groups is 3. The Balaban J connectivity index is 1.70. The van der Waals surface area contributed by atoms with Crippen LogP contribution in [-0.2, 0) is 22.6 Å². The molecule has 0 bridgehead atoms. The number of fused-ring (bicyclic) bond motifs is 1. The van der Waals surface area contributed by atoms with Crippen molar-refractivity contribution in [1.29, 1.82) is 0 Å². The molecule has 6 heteroatoms. The lowest BCUT2D eigenvalue weighted by Gasteiger charge is -2.30. The molecular formula is C16H19N3O3. The van der Waals surface area contributed by atoms with Crippen molar-refractivity contribution in [2.24, 2.45) is 0 Å². The van der Waals surface area contributed by atoms with E-state index in [1.807, 2.05) is 24.0 Å². The Morgan fingerprint density at radius 3 is 2.41 bits per heavy atom. The first-order valence-corrected chi connectivity index (χ1v) is 7.58. The highest BCUT2D eigenvalue weighted by Crippen LogP contribution is 2.20. The van der Waals surface area contributed by atoms with Gasteiger partial charge in [0, 0.05) is 19.6 Å². The molecule has 3 rings (SSSR count). The fourth-order valence-electron chi connectivity index (χ4n) is 2.97. The summed E-state index contributed by atoms with van der Waals surface area (Å²) in [5.41, 5.74) is 2.52. The monoisotopic (exact) mass is 301 g/mol. The minimum atomic E-state index is -0.711. The zero-order chi connectivity index (χ0) is 15.7. The van der Waals surface area contributed by atoms with E-state index in [0.717, 1.165) is 22.8 Å². The normalized spacial score (nSPS) is 19.0. The molecule has 22 heavy (non-hydrogen) atoms. The third-order valence-electron chi connectivity index (χ3n) is 4.13. The van der Waals surface area contributed by atoms with Crippen molar-refractivity contribution in [2.45, 2.75) is 26.3 Å². The van der Waals surface area contributed by atoms with Crippen LogP contribution in [0.25, 0.3) is 0 Å². The smallest absolute Gasteiger partial charge is 0.281 e. The maximum Gasteiger partial charge on any atom is 0.335 e. The minimum absolute atomic E-state index is 0.179. The number of amides is 4. The molecule has 116 valence electrons. The molecule has 2 heterocycles. The van der Waals surface area contributed by atoms with Crippen molar-refractivity contribution in [3.05, 3.63) is 35.4 Å². The number of benzene rings is 1. The van der Waals surface area contributed by atoms with Crippen molar-refractivity contribution in [2.75, 3.05) is 19.8 Å². The molecule has 0 aliphatic carbocycles. The summed E-state index contributed by atoms with van der Waals surface area (Å²) in [6.07, 6.45) is 1.54. The van der Waals surface area contributed by atoms with Crippen molar-refractivity contribution in [3.63, 3.8) is 0 Å². The molecule has 0 aromatic heterocycles. The third-order valence-corrected chi connectivity index (χ3v) is 4.13. The van der Waals surface area contributed by atoms with E-state index in [1.165, 1.54) is 11.1 Å². The molecule has 4 amide bonds. The van der Waals surface area contributed by atoms with E-state index in [4.69, 9.17) is 0 Å². The number of hydrogen-bond donors (Lipinski definition) is 0. The topological polar surface area (TPSA) is 60.9 Å². The van der Waals surface area contributed by atoms with Crippen molar-refractivity contribution in [3.8, 4) is 0 Å². The van der Waals surface area contributed by atoms with Gasteiger partial charge < -0.3 is 0 Å². The molecule has 6 nitrogen and oxygen atoms in total. The van der Waals surface area contributed by atoms with Gasteiger partial charge >= 0.3 is 17.8 Å². The molecule has 0 radical (unpaired) electrons. The van der Waals surface area contributed by atoms with Gasteiger partial charge in [-0.1, -0.05) is 31.2 Å². The predicted octanol–water partition coefficient (Wildman–Crippen LogP) is 1.20. The van der Waals surface area contributed by atoms with Crippen LogP contribution < -0.4 is 0 Å². The van der Waals surface area contributed by atoms with Crippen LogP contribution >= 0.6 is 0 Å². The predicted molar refractivity (Wildman–Crippen MR) is 79.7 cm³/mol. The molecule has 1 fully saturated rings. The fourth-order valence-corrected chi connectivity index (χ4v) is 2.97. The summed E-state index contributed by atoms with van der Waals surface area (Å²) in [5, 5.41) is 0. The van der Waals surface area contributed by atoms with Gasteiger partial charge in [-0.2, -0.15) is 0 Å². The first kappa shape index (κ1) is 14.7. The average Bonchev–Trinajstić information content (AvgIpc) is 2.73. The molecule has 1 aromatic carbocycles. The Bertz CT molecular complexity index is 629.